The summed E-state index contributed by atoms with van der Waals surface area (Å²) in [6.07, 6.45) is 0.212. The first-order valence-corrected chi connectivity index (χ1v) is 6.69. The Kier molecular flexibility index (Phi) is 4.99. The summed E-state index contributed by atoms with van der Waals surface area (Å²) < 4.78 is 10.2. The third-order valence-corrected chi connectivity index (χ3v) is 3.19. The summed E-state index contributed by atoms with van der Waals surface area (Å²) in [7, 11) is 1.52. The van der Waals surface area contributed by atoms with Crippen LogP contribution in [0.4, 0.5) is 11.4 Å². The van der Waals surface area contributed by atoms with Crippen molar-refractivity contribution in [3.8, 4) is 5.75 Å². The van der Waals surface area contributed by atoms with Gasteiger partial charge in [-0.25, -0.2) is 0 Å². The molecule has 0 spiro atoms. The maximum absolute atomic E-state index is 12.0. The number of methoxy groups -OCH3 is 1. The number of ether oxygens (including phenoxy) is 2. The van der Waals surface area contributed by atoms with E-state index in [-0.39, 0.29) is 24.8 Å². The van der Waals surface area contributed by atoms with Gasteiger partial charge in [0.2, 0.25) is 11.8 Å². The molecule has 7 nitrogen and oxygen atoms in total. The molecule has 1 aliphatic heterocycles. The number of hydrogen-bond donors (Lipinski definition) is 2. The fraction of sp³-hybridized carbons (Fsp3) is 0.429. The molecule has 0 radical (unpaired) electrons. The molecule has 0 bridgehead atoms. The molecule has 1 saturated heterocycles. The summed E-state index contributed by atoms with van der Waals surface area (Å²) in [5.74, 6) is 0.258. The van der Waals surface area contributed by atoms with Crippen molar-refractivity contribution >= 4 is 23.2 Å². The molecule has 0 aromatic heterocycles. The van der Waals surface area contributed by atoms with Gasteiger partial charge in [0, 0.05) is 25.2 Å². The molecule has 7 heteroatoms. The number of nitrogens with zero attached hydrogens (tertiary/aromatic N) is 1. The van der Waals surface area contributed by atoms with Crippen LogP contribution < -0.4 is 15.8 Å². The van der Waals surface area contributed by atoms with E-state index < -0.39 is 0 Å². The van der Waals surface area contributed by atoms with Gasteiger partial charge in [-0.15, -0.1) is 0 Å². The van der Waals surface area contributed by atoms with Crippen molar-refractivity contribution in [2.75, 3.05) is 44.5 Å². The molecule has 1 fully saturated rings. The Balaban J connectivity index is 1.89. The Morgan fingerprint density at radius 2 is 2.33 bits per heavy atom. The van der Waals surface area contributed by atoms with E-state index in [2.05, 4.69) is 5.32 Å². The van der Waals surface area contributed by atoms with E-state index in [9.17, 15) is 9.59 Å². The fourth-order valence-electron chi connectivity index (χ4n) is 2.06. The van der Waals surface area contributed by atoms with Crippen molar-refractivity contribution in [2.45, 2.75) is 6.42 Å². The van der Waals surface area contributed by atoms with Crippen LogP contribution in [-0.4, -0.2) is 50.1 Å². The number of nitrogen functional groups attached to an aromatic ring is 1. The van der Waals surface area contributed by atoms with Crippen molar-refractivity contribution in [1.29, 1.82) is 0 Å². The number of carbonyl (C=O) groups excluding carboxylic acids is 2. The number of rotatable bonds is 5. The Morgan fingerprint density at radius 1 is 1.52 bits per heavy atom. The summed E-state index contributed by atoms with van der Waals surface area (Å²) in [4.78, 5) is 25.1. The van der Waals surface area contributed by atoms with Crippen molar-refractivity contribution in [1.82, 2.24) is 4.90 Å². The van der Waals surface area contributed by atoms with E-state index in [1.165, 1.54) is 7.11 Å². The molecule has 1 aromatic rings. The van der Waals surface area contributed by atoms with Gasteiger partial charge in [0.25, 0.3) is 0 Å². The van der Waals surface area contributed by atoms with Crippen LogP contribution in [0.3, 0.4) is 0 Å². The van der Waals surface area contributed by atoms with Gasteiger partial charge >= 0.3 is 0 Å². The van der Waals surface area contributed by atoms with Crippen molar-refractivity contribution in [3.63, 3.8) is 0 Å². The molecule has 21 heavy (non-hydrogen) atoms. The lowest BCUT2D eigenvalue weighted by Crippen LogP contribution is -2.42. The number of anilines is 2. The monoisotopic (exact) mass is 293 g/mol. The normalized spacial score (nSPS) is 14.9. The largest absolute Gasteiger partial charge is 0.495 e. The molecule has 1 aromatic carbocycles. The van der Waals surface area contributed by atoms with E-state index in [1.54, 1.807) is 23.1 Å². The lowest BCUT2D eigenvalue weighted by atomic mass is 10.2. The lowest BCUT2D eigenvalue weighted by molar-refractivity contribution is -0.142. The number of hydrogen-bond acceptors (Lipinski definition) is 5. The second kappa shape index (κ2) is 6.94. The predicted molar refractivity (Wildman–Crippen MR) is 78.1 cm³/mol. The maximum Gasteiger partial charge on any atom is 0.248 e. The van der Waals surface area contributed by atoms with Crippen LogP contribution in [0, 0.1) is 0 Å². The third kappa shape index (κ3) is 4.09. The van der Waals surface area contributed by atoms with Gasteiger partial charge < -0.3 is 25.4 Å². The first-order valence-electron chi connectivity index (χ1n) is 6.69. The minimum absolute atomic E-state index is 0.0874. The zero-order chi connectivity index (χ0) is 15.2. The van der Waals surface area contributed by atoms with Gasteiger partial charge in [0.15, 0.2) is 0 Å². The van der Waals surface area contributed by atoms with Crippen LogP contribution in [0.2, 0.25) is 0 Å². The smallest absolute Gasteiger partial charge is 0.248 e. The zero-order valence-corrected chi connectivity index (χ0v) is 11.9. The molecule has 2 amide bonds. The Hall–Kier alpha value is -2.28. The average molecular weight is 293 g/mol. The summed E-state index contributed by atoms with van der Waals surface area (Å²) in [6, 6.07) is 5.02. The highest BCUT2D eigenvalue weighted by Gasteiger charge is 2.19. The highest BCUT2D eigenvalue weighted by Crippen LogP contribution is 2.26. The lowest BCUT2D eigenvalue weighted by Gasteiger charge is -2.26. The van der Waals surface area contributed by atoms with E-state index >= 15 is 0 Å². The average Bonchev–Trinajstić information content (AvgIpc) is 2.47. The minimum Gasteiger partial charge on any atom is -0.495 e. The molecule has 0 aliphatic carbocycles. The number of nitrogens with two attached hydrogens (primary N) is 1. The van der Waals surface area contributed by atoms with Crippen molar-refractivity contribution in [2.24, 2.45) is 0 Å². The van der Waals surface area contributed by atoms with Gasteiger partial charge in [0.1, 0.15) is 12.4 Å². The highest BCUT2D eigenvalue weighted by atomic mass is 16.5. The van der Waals surface area contributed by atoms with E-state index in [4.69, 9.17) is 15.2 Å². The Bertz CT molecular complexity index is 533. The van der Waals surface area contributed by atoms with E-state index in [1.807, 2.05) is 0 Å². The van der Waals surface area contributed by atoms with Gasteiger partial charge in [-0.2, -0.15) is 0 Å². The molecular weight excluding hydrogens is 274 g/mol. The van der Waals surface area contributed by atoms with Crippen LogP contribution in [0.5, 0.6) is 5.75 Å². The van der Waals surface area contributed by atoms with Crippen LogP contribution in [0.1, 0.15) is 6.42 Å². The van der Waals surface area contributed by atoms with Gasteiger partial charge in [-0.1, -0.05) is 0 Å². The molecule has 1 heterocycles. The molecule has 1 aliphatic rings. The molecule has 2 rings (SSSR count). The number of morpholine rings is 1. The van der Waals surface area contributed by atoms with Crippen LogP contribution in [-0.2, 0) is 14.3 Å². The van der Waals surface area contributed by atoms with Crippen molar-refractivity contribution < 1.29 is 19.1 Å². The number of amides is 2. The third-order valence-electron chi connectivity index (χ3n) is 3.19. The number of carbonyl (C=O) groups is 2. The van der Waals surface area contributed by atoms with Gasteiger partial charge in [-0.3, -0.25) is 9.59 Å². The molecular formula is C14H19N3O4. The first-order chi connectivity index (χ1) is 10.1. The zero-order valence-electron chi connectivity index (χ0n) is 11.9. The molecule has 0 atom stereocenters. The van der Waals surface area contributed by atoms with Crippen molar-refractivity contribution in [3.05, 3.63) is 18.2 Å². The Labute approximate surface area is 123 Å². The predicted octanol–water partition coefficient (Wildman–Crippen LogP) is 0.465. The molecule has 0 saturated carbocycles. The highest BCUT2D eigenvalue weighted by molar-refractivity contribution is 5.93. The minimum atomic E-state index is -0.196. The quantitative estimate of drug-likeness (QED) is 0.769. The van der Waals surface area contributed by atoms with Crippen LogP contribution in [0.15, 0.2) is 18.2 Å². The maximum atomic E-state index is 12.0. The first kappa shape index (κ1) is 15.1. The second-order valence-electron chi connectivity index (χ2n) is 4.69. The molecule has 114 valence electrons. The second-order valence-corrected chi connectivity index (χ2v) is 4.69. The fourth-order valence-corrected chi connectivity index (χ4v) is 2.06. The number of nitrogens with one attached hydrogen (secondary N) is 1. The topological polar surface area (TPSA) is 93.9 Å². The van der Waals surface area contributed by atoms with E-state index in [0.717, 1.165) is 0 Å². The standard InChI is InChI=1S/C14H19N3O4/c1-20-12-3-2-10(15)8-11(12)16-13(18)4-5-17-6-7-21-9-14(17)19/h2-3,8H,4-7,9,15H2,1H3,(H,16,18). The summed E-state index contributed by atoms with van der Waals surface area (Å²) >= 11 is 0. The van der Waals surface area contributed by atoms with Crippen LogP contribution >= 0.6 is 0 Å². The van der Waals surface area contributed by atoms with Crippen LogP contribution in [0.25, 0.3) is 0 Å². The van der Waals surface area contributed by atoms with E-state index in [0.29, 0.717) is 36.8 Å². The number of benzene rings is 1. The van der Waals surface area contributed by atoms with Gasteiger partial charge in [0.05, 0.1) is 19.4 Å². The summed E-state index contributed by atoms with van der Waals surface area (Å²) in [5.41, 5.74) is 6.75. The summed E-state index contributed by atoms with van der Waals surface area (Å²) in [5, 5.41) is 2.74. The molecule has 3 N–H and O–H groups in total. The Morgan fingerprint density at radius 3 is 3.05 bits per heavy atom. The van der Waals surface area contributed by atoms with Gasteiger partial charge in [-0.05, 0) is 18.2 Å². The SMILES string of the molecule is COc1ccc(N)cc1NC(=O)CCN1CCOCC1=O. The summed E-state index contributed by atoms with van der Waals surface area (Å²) in [6.45, 7) is 1.49. The molecule has 0 unspecified atom stereocenters.